The van der Waals surface area contributed by atoms with Gasteiger partial charge in [-0.15, -0.1) is 0 Å². The Bertz CT molecular complexity index is 769. The predicted octanol–water partition coefficient (Wildman–Crippen LogP) is 0.824. The molecule has 27 heavy (non-hydrogen) atoms. The second-order valence-corrected chi connectivity index (χ2v) is 6.60. The van der Waals surface area contributed by atoms with Crippen molar-refractivity contribution in [3.05, 3.63) is 35.4 Å². The number of urea groups is 1. The van der Waals surface area contributed by atoms with Crippen LogP contribution < -0.4 is 11.1 Å². The lowest BCUT2D eigenvalue weighted by molar-refractivity contribution is -0.158. The molecule has 3 N–H and O–H groups in total. The number of imide groups is 2. The zero-order valence-corrected chi connectivity index (χ0v) is 15.2. The summed E-state index contributed by atoms with van der Waals surface area (Å²) in [5.74, 6) is -3.03. The Morgan fingerprint density at radius 1 is 1.07 bits per heavy atom. The topological polar surface area (TPSA) is 136 Å². The summed E-state index contributed by atoms with van der Waals surface area (Å²) in [5.41, 5.74) is 5.29. The van der Waals surface area contributed by atoms with Crippen LogP contribution in [0.1, 0.15) is 47.9 Å². The number of amides is 5. The van der Waals surface area contributed by atoms with Gasteiger partial charge < -0.3 is 10.5 Å². The van der Waals surface area contributed by atoms with Gasteiger partial charge in [-0.05, 0) is 31.4 Å². The number of nitrogens with zero attached hydrogens (tertiary/aromatic N) is 1. The van der Waals surface area contributed by atoms with Gasteiger partial charge in [0.25, 0.3) is 17.7 Å². The number of rotatable bonds is 6. The van der Waals surface area contributed by atoms with Crippen molar-refractivity contribution in [2.24, 2.45) is 11.7 Å². The molecule has 9 nitrogen and oxygen atoms in total. The average Bonchev–Trinajstić information content (AvgIpc) is 2.83. The first-order valence-corrected chi connectivity index (χ1v) is 8.41. The first-order chi connectivity index (χ1) is 12.6. The van der Waals surface area contributed by atoms with Gasteiger partial charge in [0.2, 0.25) is 0 Å². The van der Waals surface area contributed by atoms with Crippen molar-refractivity contribution in [1.82, 2.24) is 10.2 Å². The second-order valence-electron chi connectivity index (χ2n) is 6.60. The van der Waals surface area contributed by atoms with Crippen LogP contribution >= 0.6 is 0 Å². The fraction of sp³-hybridized carbons (Fsp3) is 0.389. The molecule has 0 unspecified atom stereocenters. The summed E-state index contributed by atoms with van der Waals surface area (Å²) in [6.07, 6.45) is -1.16. The van der Waals surface area contributed by atoms with Gasteiger partial charge in [-0.2, -0.15) is 0 Å². The normalized spacial score (nSPS) is 15.3. The zero-order valence-electron chi connectivity index (χ0n) is 15.2. The summed E-state index contributed by atoms with van der Waals surface area (Å²) in [6, 6.07) is 3.99. The van der Waals surface area contributed by atoms with E-state index in [2.05, 4.69) is 0 Å². The van der Waals surface area contributed by atoms with E-state index in [-0.39, 0.29) is 23.5 Å². The van der Waals surface area contributed by atoms with Crippen molar-refractivity contribution in [2.75, 3.05) is 0 Å². The lowest BCUT2D eigenvalue weighted by atomic mass is 10.0. The van der Waals surface area contributed by atoms with E-state index in [1.807, 2.05) is 13.8 Å². The minimum absolute atomic E-state index is 0.0402. The highest BCUT2D eigenvalue weighted by Crippen LogP contribution is 2.27. The molecule has 0 saturated heterocycles. The molecule has 2 rings (SSSR count). The number of primary amides is 1. The van der Waals surface area contributed by atoms with Crippen molar-refractivity contribution in [2.45, 2.75) is 39.3 Å². The number of hydrogen-bond acceptors (Lipinski definition) is 6. The molecule has 0 aromatic heterocycles. The van der Waals surface area contributed by atoms with E-state index >= 15 is 0 Å². The Hall–Kier alpha value is -3.23. The molecule has 0 spiro atoms. The van der Waals surface area contributed by atoms with Crippen molar-refractivity contribution in [3.63, 3.8) is 0 Å². The van der Waals surface area contributed by atoms with E-state index in [1.54, 1.807) is 17.4 Å². The number of fused-ring (bicyclic) bond motifs is 1. The van der Waals surface area contributed by atoms with Gasteiger partial charge in [0.05, 0.1) is 11.1 Å². The van der Waals surface area contributed by atoms with Crippen LogP contribution in [0.15, 0.2) is 24.3 Å². The summed E-state index contributed by atoms with van der Waals surface area (Å²) in [7, 11) is 0. The van der Waals surface area contributed by atoms with Crippen LogP contribution in [0, 0.1) is 5.92 Å². The maximum absolute atomic E-state index is 12.7. The second kappa shape index (κ2) is 7.98. The van der Waals surface area contributed by atoms with Gasteiger partial charge in [-0.25, -0.2) is 9.59 Å². The van der Waals surface area contributed by atoms with Gasteiger partial charge >= 0.3 is 12.0 Å². The third kappa shape index (κ3) is 4.30. The van der Waals surface area contributed by atoms with E-state index < -0.39 is 41.9 Å². The van der Waals surface area contributed by atoms with Crippen molar-refractivity contribution >= 4 is 29.7 Å². The number of nitrogens with two attached hydrogens (primary N) is 1. The number of carbonyl (C=O) groups excluding carboxylic acids is 5. The number of ether oxygens (including phenoxy) is 1. The van der Waals surface area contributed by atoms with E-state index in [0.717, 1.165) is 4.90 Å². The Morgan fingerprint density at radius 3 is 2.04 bits per heavy atom. The molecular formula is C18H21N3O6. The van der Waals surface area contributed by atoms with Crippen molar-refractivity contribution in [1.29, 1.82) is 0 Å². The van der Waals surface area contributed by atoms with Crippen LogP contribution in [0.2, 0.25) is 0 Å². The average molecular weight is 375 g/mol. The summed E-state index contributed by atoms with van der Waals surface area (Å²) >= 11 is 0. The van der Waals surface area contributed by atoms with Crippen LogP contribution in [0.5, 0.6) is 0 Å². The maximum atomic E-state index is 12.7. The number of hydrogen-bond donors (Lipinski definition) is 2. The maximum Gasteiger partial charge on any atom is 0.330 e. The van der Waals surface area contributed by atoms with Crippen LogP contribution in [0.4, 0.5) is 4.79 Å². The lowest BCUT2D eigenvalue weighted by Gasteiger charge is -2.27. The lowest BCUT2D eigenvalue weighted by Crippen LogP contribution is -2.49. The fourth-order valence-electron chi connectivity index (χ4n) is 2.77. The molecule has 1 aromatic rings. The molecule has 0 aliphatic carbocycles. The van der Waals surface area contributed by atoms with Crippen LogP contribution in [0.25, 0.3) is 0 Å². The quantitative estimate of drug-likeness (QED) is 0.558. The van der Waals surface area contributed by atoms with Crippen molar-refractivity contribution < 1.29 is 28.7 Å². The van der Waals surface area contributed by atoms with Crippen molar-refractivity contribution in [3.8, 4) is 0 Å². The fourth-order valence-corrected chi connectivity index (χ4v) is 2.77. The number of esters is 1. The molecule has 144 valence electrons. The Morgan fingerprint density at radius 2 is 1.59 bits per heavy atom. The van der Waals surface area contributed by atoms with Gasteiger partial charge in [-0.3, -0.25) is 24.6 Å². The SMILES string of the molecule is CC(C)C[C@H](C(=O)O[C@@H](C)C(=O)NC(N)=O)N1C(=O)c2ccccc2C1=O. The molecule has 1 heterocycles. The molecule has 1 aliphatic heterocycles. The third-order valence-corrected chi connectivity index (χ3v) is 4.01. The predicted molar refractivity (Wildman–Crippen MR) is 93.5 cm³/mol. The minimum atomic E-state index is -1.32. The molecule has 9 heteroatoms. The summed E-state index contributed by atoms with van der Waals surface area (Å²) < 4.78 is 5.08. The molecule has 5 amide bonds. The Labute approximate surface area is 155 Å². The largest absolute Gasteiger partial charge is 0.451 e. The molecule has 1 aliphatic rings. The summed E-state index contributed by atoms with van der Waals surface area (Å²) in [4.78, 5) is 61.3. The Kier molecular flexibility index (Phi) is 5.94. The number of benzene rings is 1. The zero-order chi connectivity index (χ0) is 20.3. The van der Waals surface area contributed by atoms with E-state index in [0.29, 0.717) is 0 Å². The molecule has 2 atom stereocenters. The smallest absolute Gasteiger partial charge is 0.330 e. The molecule has 0 radical (unpaired) electrons. The van der Waals surface area contributed by atoms with Crippen LogP contribution in [-0.4, -0.2) is 46.8 Å². The minimum Gasteiger partial charge on any atom is -0.451 e. The van der Waals surface area contributed by atoms with Crippen LogP contribution in [-0.2, 0) is 14.3 Å². The molecule has 0 saturated carbocycles. The summed E-state index contributed by atoms with van der Waals surface area (Å²) in [5, 5.41) is 1.80. The molecular weight excluding hydrogens is 354 g/mol. The standard InChI is InChI=1S/C18H21N3O6/c1-9(2)8-13(17(25)27-10(3)14(22)20-18(19)26)21-15(23)11-6-4-5-7-12(11)16(21)24/h4-7,9-10,13H,8H2,1-3H3,(H3,19,20,22,26)/t10-,13+/m0/s1. The van der Waals surface area contributed by atoms with E-state index in [4.69, 9.17) is 10.5 Å². The van der Waals surface area contributed by atoms with E-state index in [9.17, 15) is 24.0 Å². The third-order valence-electron chi connectivity index (χ3n) is 4.01. The monoisotopic (exact) mass is 375 g/mol. The highest BCUT2D eigenvalue weighted by molar-refractivity contribution is 6.22. The molecule has 0 bridgehead atoms. The Balaban J connectivity index is 2.24. The first kappa shape index (κ1) is 20.1. The van der Waals surface area contributed by atoms with Gasteiger partial charge in [-0.1, -0.05) is 26.0 Å². The van der Waals surface area contributed by atoms with Gasteiger partial charge in [0.15, 0.2) is 6.10 Å². The first-order valence-electron chi connectivity index (χ1n) is 8.41. The highest BCUT2D eigenvalue weighted by atomic mass is 16.5. The number of nitrogens with one attached hydrogen (secondary N) is 1. The van der Waals surface area contributed by atoms with Gasteiger partial charge in [0, 0.05) is 0 Å². The van der Waals surface area contributed by atoms with Crippen LogP contribution in [0.3, 0.4) is 0 Å². The molecule has 0 fully saturated rings. The highest BCUT2D eigenvalue weighted by Gasteiger charge is 2.44. The number of carbonyl (C=O) groups is 5. The molecule has 1 aromatic carbocycles. The van der Waals surface area contributed by atoms with Gasteiger partial charge in [0.1, 0.15) is 6.04 Å². The van der Waals surface area contributed by atoms with E-state index in [1.165, 1.54) is 19.1 Å². The summed E-state index contributed by atoms with van der Waals surface area (Å²) in [6.45, 7) is 4.90.